The molecule has 0 spiro atoms. The fourth-order valence-corrected chi connectivity index (χ4v) is 2.42. The van der Waals surface area contributed by atoms with E-state index in [0.29, 0.717) is 29.7 Å². The number of amides is 1. The summed E-state index contributed by atoms with van der Waals surface area (Å²) in [5.74, 6) is 0.797. The molecule has 0 radical (unpaired) electrons. The Morgan fingerprint density at radius 2 is 2.17 bits per heavy atom. The van der Waals surface area contributed by atoms with Crippen LogP contribution >= 0.6 is 11.6 Å². The van der Waals surface area contributed by atoms with Gasteiger partial charge in [-0.05, 0) is 44.9 Å². The first kappa shape index (κ1) is 18.4. The van der Waals surface area contributed by atoms with Crippen molar-refractivity contribution >= 4 is 17.5 Å². The first-order chi connectivity index (χ1) is 11.5. The maximum absolute atomic E-state index is 11.9. The Kier molecular flexibility index (Phi) is 6.75. The maximum Gasteiger partial charge on any atom is 0.249 e. The number of carbonyl (C=O) groups is 1. The first-order valence-electron chi connectivity index (χ1n) is 8.11. The topological polar surface area (TPSA) is 94.0 Å². The normalized spacial score (nSPS) is 12.2. The van der Waals surface area contributed by atoms with Crippen LogP contribution in [0.3, 0.4) is 0 Å². The standard InChI is InChI=1S/C17H23ClN4O2/c1-11-7-8-13(10-14(11)18)16-21-17(24-22-16)12(2)20-15(23)6-4-3-5-9-19/h7-8,10,12H,3-6,9,19H2,1-2H3,(H,20,23)/t12-/m0/s1. The zero-order valence-electron chi connectivity index (χ0n) is 14.0. The predicted molar refractivity (Wildman–Crippen MR) is 93.6 cm³/mol. The van der Waals surface area contributed by atoms with Crippen LogP contribution in [-0.2, 0) is 4.79 Å². The van der Waals surface area contributed by atoms with Crippen molar-refractivity contribution in [3.8, 4) is 11.4 Å². The molecule has 0 unspecified atom stereocenters. The van der Waals surface area contributed by atoms with E-state index in [1.807, 2.05) is 26.0 Å². The summed E-state index contributed by atoms with van der Waals surface area (Å²) < 4.78 is 5.26. The molecular formula is C17H23ClN4O2. The van der Waals surface area contributed by atoms with Gasteiger partial charge in [-0.25, -0.2) is 0 Å². The predicted octanol–water partition coefficient (Wildman–Crippen LogP) is 3.39. The van der Waals surface area contributed by atoms with Gasteiger partial charge < -0.3 is 15.6 Å². The van der Waals surface area contributed by atoms with Gasteiger partial charge in [0.25, 0.3) is 0 Å². The van der Waals surface area contributed by atoms with Gasteiger partial charge in [-0.3, -0.25) is 4.79 Å². The van der Waals surface area contributed by atoms with Gasteiger partial charge in [-0.2, -0.15) is 4.98 Å². The van der Waals surface area contributed by atoms with Crippen LogP contribution in [0.25, 0.3) is 11.4 Å². The number of halogens is 1. The Morgan fingerprint density at radius 3 is 2.88 bits per heavy atom. The van der Waals surface area contributed by atoms with Crippen LogP contribution in [0, 0.1) is 6.92 Å². The van der Waals surface area contributed by atoms with Crippen LogP contribution in [0.5, 0.6) is 0 Å². The Bertz CT molecular complexity index is 687. The molecule has 2 rings (SSSR count). The lowest BCUT2D eigenvalue weighted by Crippen LogP contribution is -2.26. The molecule has 6 nitrogen and oxygen atoms in total. The third kappa shape index (κ3) is 5.04. The molecule has 0 saturated carbocycles. The molecule has 3 N–H and O–H groups in total. The second-order valence-electron chi connectivity index (χ2n) is 5.81. The number of nitrogens with two attached hydrogens (primary N) is 1. The van der Waals surface area contributed by atoms with Gasteiger partial charge >= 0.3 is 0 Å². The van der Waals surface area contributed by atoms with Crippen molar-refractivity contribution in [2.45, 2.75) is 45.6 Å². The molecule has 0 bridgehead atoms. The number of hydrogen-bond donors (Lipinski definition) is 2. The molecule has 1 aromatic heterocycles. The molecule has 2 aromatic rings. The number of nitrogens with one attached hydrogen (secondary N) is 1. The minimum Gasteiger partial charge on any atom is -0.345 e. The molecule has 0 aliphatic rings. The Balaban J connectivity index is 1.94. The fourth-order valence-electron chi connectivity index (χ4n) is 2.24. The number of rotatable bonds is 8. The highest BCUT2D eigenvalue weighted by Gasteiger charge is 2.17. The lowest BCUT2D eigenvalue weighted by Gasteiger charge is -2.09. The molecule has 0 aliphatic carbocycles. The highest BCUT2D eigenvalue weighted by atomic mass is 35.5. The van der Waals surface area contributed by atoms with E-state index in [4.69, 9.17) is 21.9 Å². The van der Waals surface area contributed by atoms with Crippen molar-refractivity contribution < 1.29 is 9.32 Å². The summed E-state index contributed by atoms with van der Waals surface area (Å²) in [5, 5.41) is 7.48. The second kappa shape index (κ2) is 8.80. The van der Waals surface area contributed by atoms with Crippen LogP contribution in [-0.4, -0.2) is 22.6 Å². The first-order valence-corrected chi connectivity index (χ1v) is 8.48. The van der Waals surface area contributed by atoms with Crippen LogP contribution < -0.4 is 11.1 Å². The number of benzene rings is 1. The monoisotopic (exact) mass is 350 g/mol. The van der Waals surface area contributed by atoms with E-state index in [-0.39, 0.29) is 11.9 Å². The van der Waals surface area contributed by atoms with Gasteiger partial charge in [0, 0.05) is 17.0 Å². The number of aromatic nitrogens is 2. The number of nitrogens with zero attached hydrogens (tertiary/aromatic N) is 2. The second-order valence-corrected chi connectivity index (χ2v) is 6.22. The number of hydrogen-bond acceptors (Lipinski definition) is 5. The summed E-state index contributed by atoms with van der Waals surface area (Å²) in [6, 6.07) is 5.25. The molecule has 1 atom stereocenters. The van der Waals surface area contributed by atoms with Gasteiger partial charge in [0.05, 0.1) is 0 Å². The van der Waals surface area contributed by atoms with Gasteiger partial charge in [0.2, 0.25) is 17.6 Å². The van der Waals surface area contributed by atoms with E-state index >= 15 is 0 Å². The van der Waals surface area contributed by atoms with E-state index in [0.717, 1.165) is 30.4 Å². The van der Waals surface area contributed by atoms with Crippen molar-refractivity contribution in [2.24, 2.45) is 5.73 Å². The maximum atomic E-state index is 11.9. The highest BCUT2D eigenvalue weighted by molar-refractivity contribution is 6.31. The molecule has 1 amide bonds. The van der Waals surface area contributed by atoms with Gasteiger partial charge in [-0.15, -0.1) is 0 Å². The largest absolute Gasteiger partial charge is 0.345 e. The van der Waals surface area contributed by atoms with Crippen LogP contribution in [0.4, 0.5) is 0 Å². The summed E-state index contributed by atoms with van der Waals surface area (Å²) in [6.45, 7) is 4.40. The molecule has 24 heavy (non-hydrogen) atoms. The molecular weight excluding hydrogens is 328 g/mol. The van der Waals surface area contributed by atoms with Crippen molar-refractivity contribution in [1.29, 1.82) is 0 Å². The van der Waals surface area contributed by atoms with E-state index in [1.165, 1.54) is 0 Å². The molecule has 0 aliphatic heterocycles. The molecule has 1 aromatic carbocycles. The molecule has 0 saturated heterocycles. The summed E-state index contributed by atoms with van der Waals surface area (Å²) >= 11 is 6.12. The molecule has 130 valence electrons. The van der Waals surface area contributed by atoms with Crippen molar-refractivity contribution in [2.75, 3.05) is 6.54 Å². The molecule has 0 fully saturated rings. The van der Waals surface area contributed by atoms with E-state index in [2.05, 4.69) is 15.5 Å². The van der Waals surface area contributed by atoms with Gasteiger partial charge in [0.15, 0.2) is 0 Å². The van der Waals surface area contributed by atoms with Crippen LogP contribution in [0.15, 0.2) is 22.7 Å². The van der Waals surface area contributed by atoms with E-state index in [9.17, 15) is 4.79 Å². The van der Waals surface area contributed by atoms with Gasteiger partial charge in [-0.1, -0.05) is 35.3 Å². The Morgan fingerprint density at radius 1 is 1.38 bits per heavy atom. The SMILES string of the molecule is Cc1ccc(-c2noc([C@H](C)NC(=O)CCCCCN)n2)cc1Cl. The Labute approximate surface area is 146 Å². The summed E-state index contributed by atoms with van der Waals surface area (Å²) in [5.41, 5.74) is 7.20. The van der Waals surface area contributed by atoms with Gasteiger partial charge in [0.1, 0.15) is 6.04 Å². The van der Waals surface area contributed by atoms with Crippen LogP contribution in [0.1, 0.15) is 50.1 Å². The smallest absolute Gasteiger partial charge is 0.249 e. The summed E-state index contributed by atoms with van der Waals surface area (Å²) in [7, 11) is 0. The number of aryl methyl sites for hydroxylation is 1. The average molecular weight is 351 g/mol. The summed E-state index contributed by atoms with van der Waals surface area (Å²) in [4.78, 5) is 16.2. The molecule has 1 heterocycles. The van der Waals surface area contributed by atoms with Crippen molar-refractivity contribution in [1.82, 2.24) is 15.5 Å². The minimum absolute atomic E-state index is 0.0300. The lowest BCUT2D eigenvalue weighted by atomic mass is 10.1. The summed E-state index contributed by atoms with van der Waals surface area (Å²) in [6.07, 6.45) is 3.19. The quantitative estimate of drug-likeness (QED) is 0.711. The average Bonchev–Trinajstić information content (AvgIpc) is 3.04. The van der Waals surface area contributed by atoms with E-state index in [1.54, 1.807) is 6.07 Å². The third-order valence-corrected chi connectivity index (χ3v) is 4.13. The fraction of sp³-hybridized carbons (Fsp3) is 0.471. The van der Waals surface area contributed by atoms with Crippen LogP contribution in [0.2, 0.25) is 5.02 Å². The number of carbonyl (C=O) groups excluding carboxylic acids is 1. The lowest BCUT2D eigenvalue weighted by molar-refractivity contribution is -0.122. The van der Waals surface area contributed by atoms with Crippen molar-refractivity contribution in [3.05, 3.63) is 34.7 Å². The molecule has 7 heteroatoms. The number of unbranched alkanes of at least 4 members (excludes halogenated alkanes) is 2. The zero-order chi connectivity index (χ0) is 17.5. The third-order valence-electron chi connectivity index (χ3n) is 3.73. The Hall–Kier alpha value is -1.92. The van der Waals surface area contributed by atoms with Crippen molar-refractivity contribution in [3.63, 3.8) is 0 Å². The van der Waals surface area contributed by atoms with E-state index < -0.39 is 0 Å². The highest BCUT2D eigenvalue weighted by Crippen LogP contribution is 2.24. The minimum atomic E-state index is -0.339. The zero-order valence-corrected chi connectivity index (χ0v) is 14.8.